The number of aryl methyl sites for hydroxylation is 1. The van der Waals surface area contributed by atoms with Gasteiger partial charge in [-0.1, -0.05) is 6.07 Å². The highest BCUT2D eigenvalue weighted by Crippen LogP contribution is 2.20. The lowest BCUT2D eigenvalue weighted by Crippen LogP contribution is -1.99. The molecule has 0 aliphatic carbocycles. The van der Waals surface area contributed by atoms with Gasteiger partial charge in [-0.15, -0.1) is 0 Å². The molecule has 1 N–H and O–H groups in total. The molecule has 5 nitrogen and oxygen atoms in total. The number of nitriles is 1. The summed E-state index contributed by atoms with van der Waals surface area (Å²) in [6, 6.07) is 11.1. The molecular formula is C13H12N4O. The zero-order valence-electron chi connectivity index (χ0n) is 10.1. The largest absolute Gasteiger partial charge is 0.497 e. The first-order valence-corrected chi connectivity index (χ1v) is 5.38. The summed E-state index contributed by atoms with van der Waals surface area (Å²) in [7, 11) is 1.61. The first-order chi connectivity index (χ1) is 8.71. The molecule has 0 bridgehead atoms. The molecule has 0 amide bonds. The van der Waals surface area contributed by atoms with Gasteiger partial charge >= 0.3 is 0 Å². The van der Waals surface area contributed by atoms with E-state index in [9.17, 15) is 0 Å². The van der Waals surface area contributed by atoms with E-state index in [1.54, 1.807) is 20.1 Å². The van der Waals surface area contributed by atoms with E-state index in [0.717, 1.165) is 11.4 Å². The molecule has 0 fully saturated rings. The van der Waals surface area contributed by atoms with Gasteiger partial charge < -0.3 is 10.1 Å². The Morgan fingerprint density at radius 1 is 1.28 bits per heavy atom. The van der Waals surface area contributed by atoms with Crippen LogP contribution in [0.25, 0.3) is 0 Å². The number of rotatable bonds is 3. The third-order valence-electron chi connectivity index (χ3n) is 2.29. The van der Waals surface area contributed by atoms with Crippen molar-refractivity contribution in [1.29, 1.82) is 5.26 Å². The summed E-state index contributed by atoms with van der Waals surface area (Å²) in [6.45, 7) is 1.75. The summed E-state index contributed by atoms with van der Waals surface area (Å²) in [5, 5.41) is 12.0. The maximum absolute atomic E-state index is 8.85. The van der Waals surface area contributed by atoms with Crippen LogP contribution in [0.1, 0.15) is 11.5 Å². The zero-order valence-corrected chi connectivity index (χ0v) is 10.1. The summed E-state index contributed by atoms with van der Waals surface area (Å²) in [5.41, 5.74) is 1.18. The van der Waals surface area contributed by atoms with Crippen LogP contribution in [0.5, 0.6) is 5.75 Å². The van der Waals surface area contributed by atoms with Gasteiger partial charge in [0, 0.05) is 17.8 Å². The number of aromatic nitrogens is 2. The third kappa shape index (κ3) is 2.74. The fourth-order valence-electron chi connectivity index (χ4n) is 1.54. The number of methoxy groups -OCH3 is 1. The summed E-state index contributed by atoms with van der Waals surface area (Å²) >= 11 is 0. The first kappa shape index (κ1) is 11.9. The number of benzene rings is 1. The monoisotopic (exact) mass is 240 g/mol. The Morgan fingerprint density at radius 3 is 2.83 bits per heavy atom. The first-order valence-electron chi connectivity index (χ1n) is 5.38. The van der Waals surface area contributed by atoms with Gasteiger partial charge in [-0.05, 0) is 19.1 Å². The van der Waals surface area contributed by atoms with Gasteiger partial charge in [0.2, 0.25) is 0 Å². The maximum Gasteiger partial charge on any atom is 0.146 e. The molecule has 0 aliphatic heterocycles. The van der Waals surface area contributed by atoms with E-state index < -0.39 is 0 Å². The summed E-state index contributed by atoms with van der Waals surface area (Å²) in [6.07, 6.45) is 0. The number of nitrogens with zero attached hydrogens (tertiary/aromatic N) is 3. The van der Waals surface area contributed by atoms with E-state index in [0.29, 0.717) is 17.3 Å². The second-order valence-electron chi connectivity index (χ2n) is 3.65. The summed E-state index contributed by atoms with van der Waals surface area (Å²) in [5.74, 6) is 1.90. The van der Waals surface area contributed by atoms with Crippen molar-refractivity contribution in [1.82, 2.24) is 9.97 Å². The highest BCUT2D eigenvalue weighted by Gasteiger charge is 2.02. The molecule has 90 valence electrons. The highest BCUT2D eigenvalue weighted by atomic mass is 16.5. The van der Waals surface area contributed by atoms with Crippen molar-refractivity contribution < 1.29 is 4.74 Å². The molecular weight excluding hydrogens is 228 g/mol. The molecule has 1 heterocycles. The average molecular weight is 240 g/mol. The van der Waals surface area contributed by atoms with Crippen molar-refractivity contribution >= 4 is 11.5 Å². The minimum atomic E-state index is 0.341. The molecule has 0 saturated carbocycles. The van der Waals surface area contributed by atoms with Gasteiger partial charge in [-0.2, -0.15) is 5.26 Å². The smallest absolute Gasteiger partial charge is 0.146 e. The second-order valence-corrected chi connectivity index (χ2v) is 3.65. The van der Waals surface area contributed by atoms with E-state index in [1.165, 1.54) is 0 Å². The molecule has 2 aromatic rings. The number of ether oxygens (including phenoxy) is 1. The predicted octanol–water partition coefficient (Wildman–Crippen LogP) is 2.41. The van der Waals surface area contributed by atoms with Crippen LogP contribution >= 0.6 is 0 Å². The predicted molar refractivity (Wildman–Crippen MR) is 67.8 cm³/mol. The van der Waals surface area contributed by atoms with Crippen molar-refractivity contribution in [3.63, 3.8) is 0 Å². The average Bonchev–Trinajstić information content (AvgIpc) is 2.38. The highest BCUT2D eigenvalue weighted by molar-refractivity contribution is 5.58. The topological polar surface area (TPSA) is 70.8 Å². The molecule has 1 aromatic carbocycles. The SMILES string of the molecule is COc1cccc(Nc2cc(C#N)nc(C)n2)c1. The zero-order chi connectivity index (χ0) is 13.0. The third-order valence-corrected chi connectivity index (χ3v) is 2.29. The molecule has 5 heteroatoms. The lowest BCUT2D eigenvalue weighted by molar-refractivity contribution is 0.415. The Bertz CT molecular complexity index is 604. The van der Waals surface area contributed by atoms with Crippen molar-refractivity contribution in [2.45, 2.75) is 6.92 Å². The van der Waals surface area contributed by atoms with E-state index in [-0.39, 0.29) is 0 Å². The Kier molecular flexibility index (Phi) is 3.39. The number of nitrogens with one attached hydrogen (secondary N) is 1. The Hall–Kier alpha value is -2.61. The maximum atomic E-state index is 8.85. The van der Waals surface area contributed by atoms with Crippen LogP contribution in [0.3, 0.4) is 0 Å². The van der Waals surface area contributed by atoms with Crippen LogP contribution < -0.4 is 10.1 Å². The van der Waals surface area contributed by atoms with Gasteiger partial charge in [0.25, 0.3) is 0 Å². The minimum Gasteiger partial charge on any atom is -0.497 e. The molecule has 0 unspecified atom stereocenters. The summed E-state index contributed by atoms with van der Waals surface area (Å²) in [4.78, 5) is 8.21. The molecule has 0 spiro atoms. The lowest BCUT2D eigenvalue weighted by atomic mass is 10.3. The van der Waals surface area contributed by atoms with Crippen molar-refractivity contribution in [3.05, 3.63) is 41.9 Å². The quantitative estimate of drug-likeness (QED) is 0.892. The van der Waals surface area contributed by atoms with Gasteiger partial charge in [-0.25, -0.2) is 9.97 Å². The minimum absolute atomic E-state index is 0.341. The van der Waals surface area contributed by atoms with Crippen LogP contribution in [-0.4, -0.2) is 17.1 Å². The standard InChI is InChI=1S/C13H12N4O/c1-9-15-11(8-14)7-13(16-9)17-10-4-3-5-12(6-10)18-2/h3-7H,1-2H3,(H,15,16,17). The van der Waals surface area contributed by atoms with E-state index in [2.05, 4.69) is 15.3 Å². The van der Waals surface area contributed by atoms with Crippen LogP contribution in [-0.2, 0) is 0 Å². The van der Waals surface area contributed by atoms with Crippen LogP contribution in [0.4, 0.5) is 11.5 Å². The Balaban J connectivity index is 2.28. The van der Waals surface area contributed by atoms with E-state index in [1.807, 2.05) is 30.3 Å². The lowest BCUT2D eigenvalue weighted by Gasteiger charge is -2.07. The van der Waals surface area contributed by atoms with Crippen molar-refractivity contribution in [2.75, 3.05) is 12.4 Å². The molecule has 1 aromatic heterocycles. The fraction of sp³-hybridized carbons (Fsp3) is 0.154. The van der Waals surface area contributed by atoms with Gasteiger partial charge in [0.15, 0.2) is 0 Å². The molecule has 18 heavy (non-hydrogen) atoms. The number of hydrogen-bond acceptors (Lipinski definition) is 5. The van der Waals surface area contributed by atoms with E-state index >= 15 is 0 Å². The second kappa shape index (κ2) is 5.15. The molecule has 0 saturated heterocycles. The Morgan fingerprint density at radius 2 is 2.11 bits per heavy atom. The van der Waals surface area contributed by atoms with Gasteiger partial charge in [-0.3, -0.25) is 0 Å². The summed E-state index contributed by atoms with van der Waals surface area (Å²) < 4.78 is 5.14. The fourth-order valence-corrected chi connectivity index (χ4v) is 1.54. The van der Waals surface area contributed by atoms with Crippen molar-refractivity contribution in [2.24, 2.45) is 0 Å². The molecule has 0 aliphatic rings. The number of hydrogen-bond donors (Lipinski definition) is 1. The van der Waals surface area contributed by atoms with E-state index in [4.69, 9.17) is 10.00 Å². The molecule has 0 atom stereocenters. The van der Waals surface area contributed by atoms with Crippen LogP contribution in [0.2, 0.25) is 0 Å². The molecule has 0 radical (unpaired) electrons. The number of anilines is 2. The normalized spacial score (nSPS) is 9.61. The molecule has 2 rings (SSSR count). The Labute approximate surface area is 105 Å². The van der Waals surface area contributed by atoms with Crippen LogP contribution in [0, 0.1) is 18.3 Å². The van der Waals surface area contributed by atoms with Crippen molar-refractivity contribution in [3.8, 4) is 11.8 Å². The van der Waals surface area contributed by atoms with Crippen LogP contribution in [0.15, 0.2) is 30.3 Å². The van der Waals surface area contributed by atoms with Gasteiger partial charge in [0.05, 0.1) is 7.11 Å². The van der Waals surface area contributed by atoms with Gasteiger partial charge in [0.1, 0.15) is 29.2 Å².